The first-order valence-corrected chi connectivity index (χ1v) is 8.41. The molecule has 1 saturated heterocycles. The van der Waals surface area contributed by atoms with Crippen molar-refractivity contribution in [2.24, 2.45) is 5.92 Å². The van der Waals surface area contributed by atoms with Gasteiger partial charge in [-0.3, -0.25) is 14.4 Å². The van der Waals surface area contributed by atoms with Crippen molar-refractivity contribution in [2.75, 3.05) is 23.4 Å². The summed E-state index contributed by atoms with van der Waals surface area (Å²) in [5.41, 5.74) is 2.42. The summed E-state index contributed by atoms with van der Waals surface area (Å²) in [6, 6.07) is 16.5. The number of amides is 2. The molecule has 2 aromatic rings. The predicted octanol–water partition coefficient (Wildman–Crippen LogP) is 2.53. The summed E-state index contributed by atoms with van der Waals surface area (Å²) in [7, 11) is 0. The van der Waals surface area contributed by atoms with Crippen LogP contribution in [0.2, 0.25) is 0 Å². The lowest BCUT2D eigenvalue weighted by Gasteiger charge is -2.16. The maximum atomic E-state index is 12.2. The first-order valence-electron chi connectivity index (χ1n) is 8.41. The molecular weight excluding hydrogens is 332 g/mol. The second kappa shape index (κ2) is 7.82. The summed E-state index contributed by atoms with van der Waals surface area (Å²) in [5, 5.41) is 2.68. The molecule has 134 valence electrons. The van der Waals surface area contributed by atoms with Crippen molar-refractivity contribution in [3.63, 3.8) is 0 Å². The van der Waals surface area contributed by atoms with Crippen LogP contribution in [0.3, 0.4) is 0 Å². The summed E-state index contributed by atoms with van der Waals surface area (Å²) < 4.78 is 5.09. The molecule has 1 aliphatic rings. The first-order chi connectivity index (χ1) is 12.5. The Bertz CT molecular complexity index is 820. The van der Waals surface area contributed by atoms with Gasteiger partial charge in [0.1, 0.15) is 0 Å². The van der Waals surface area contributed by atoms with Gasteiger partial charge in [-0.2, -0.15) is 0 Å². The van der Waals surface area contributed by atoms with E-state index in [1.165, 1.54) is 0 Å². The Hall–Kier alpha value is -3.15. The van der Waals surface area contributed by atoms with Gasteiger partial charge >= 0.3 is 5.97 Å². The fraction of sp³-hybridized carbons (Fsp3) is 0.250. The molecule has 2 aromatic carbocycles. The number of hydrogen-bond acceptors (Lipinski definition) is 4. The summed E-state index contributed by atoms with van der Waals surface area (Å²) in [6.45, 7) is 1.81. The van der Waals surface area contributed by atoms with Crippen molar-refractivity contribution in [2.45, 2.75) is 13.3 Å². The van der Waals surface area contributed by atoms with Crippen molar-refractivity contribution < 1.29 is 19.1 Å². The number of rotatable bonds is 5. The number of esters is 1. The molecule has 1 fully saturated rings. The van der Waals surface area contributed by atoms with Gasteiger partial charge in [-0.15, -0.1) is 0 Å². The second-order valence-corrected chi connectivity index (χ2v) is 6.27. The zero-order valence-electron chi connectivity index (χ0n) is 14.5. The third kappa shape index (κ3) is 4.27. The van der Waals surface area contributed by atoms with E-state index in [2.05, 4.69) is 5.32 Å². The molecule has 1 heterocycles. The lowest BCUT2D eigenvalue weighted by Crippen LogP contribution is -2.28. The number of para-hydroxylation sites is 1. The molecule has 0 bridgehead atoms. The highest BCUT2D eigenvalue weighted by atomic mass is 16.5. The van der Waals surface area contributed by atoms with Gasteiger partial charge < -0.3 is 15.0 Å². The van der Waals surface area contributed by atoms with Crippen LogP contribution >= 0.6 is 0 Å². The van der Waals surface area contributed by atoms with Gasteiger partial charge in [0.15, 0.2) is 6.61 Å². The molecule has 6 nitrogen and oxygen atoms in total. The van der Waals surface area contributed by atoms with Crippen LogP contribution < -0.4 is 10.2 Å². The molecule has 0 radical (unpaired) electrons. The zero-order chi connectivity index (χ0) is 18.5. The number of ether oxygens (including phenoxy) is 1. The smallest absolute Gasteiger partial charge is 0.311 e. The van der Waals surface area contributed by atoms with E-state index in [4.69, 9.17) is 4.74 Å². The maximum Gasteiger partial charge on any atom is 0.311 e. The molecule has 2 amide bonds. The van der Waals surface area contributed by atoms with Crippen LogP contribution in [0.5, 0.6) is 0 Å². The number of aryl methyl sites for hydroxylation is 1. The molecule has 26 heavy (non-hydrogen) atoms. The number of anilines is 2. The Morgan fingerprint density at radius 1 is 1.15 bits per heavy atom. The van der Waals surface area contributed by atoms with Crippen molar-refractivity contribution in [3.8, 4) is 0 Å². The fourth-order valence-corrected chi connectivity index (χ4v) is 2.90. The zero-order valence-corrected chi connectivity index (χ0v) is 14.5. The molecular formula is C20H20N2O4. The Balaban J connectivity index is 1.51. The van der Waals surface area contributed by atoms with E-state index in [0.29, 0.717) is 5.69 Å². The summed E-state index contributed by atoms with van der Waals surface area (Å²) in [6.07, 6.45) is 0.0905. The third-order valence-corrected chi connectivity index (χ3v) is 4.17. The number of nitrogens with zero attached hydrogens (tertiary/aromatic N) is 1. The fourth-order valence-electron chi connectivity index (χ4n) is 2.90. The molecule has 3 rings (SSSR count). The Kier molecular flexibility index (Phi) is 5.31. The van der Waals surface area contributed by atoms with Crippen molar-refractivity contribution in [3.05, 3.63) is 60.2 Å². The Morgan fingerprint density at radius 2 is 1.92 bits per heavy atom. The first kappa shape index (κ1) is 17.7. The van der Waals surface area contributed by atoms with E-state index in [0.717, 1.165) is 11.3 Å². The van der Waals surface area contributed by atoms with Crippen LogP contribution in [0.4, 0.5) is 11.4 Å². The van der Waals surface area contributed by atoms with Crippen molar-refractivity contribution in [1.82, 2.24) is 0 Å². The van der Waals surface area contributed by atoms with Gasteiger partial charge in [-0.25, -0.2) is 0 Å². The normalized spacial score (nSPS) is 16.4. The van der Waals surface area contributed by atoms with Crippen LogP contribution in [0.1, 0.15) is 12.0 Å². The Morgan fingerprint density at radius 3 is 2.65 bits per heavy atom. The molecule has 1 N–H and O–H groups in total. The topological polar surface area (TPSA) is 75.7 Å². The van der Waals surface area contributed by atoms with Crippen molar-refractivity contribution in [1.29, 1.82) is 0 Å². The summed E-state index contributed by atoms with van der Waals surface area (Å²) >= 11 is 0. The van der Waals surface area contributed by atoms with Gasteiger partial charge in [0.25, 0.3) is 5.91 Å². The Labute approximate surface area is 151 Å². The second-order valence-electron chi connectivity index (χ2n) is 6.27. The average Bonchev–Trinajstić information content (AvgIpc) is 3.02. The van der Waals surface area contributed by atoms with Crippen LogP contribution in [-0.2, 0) is 19.1 Å². The molecule has 0 saturated carbocycles. The van der Waals surface area contributed by atoms with Gasteiger partial charge in [-0.1, -0.05) is 30.3 Å². The predicted molar refractivity (Wildman–Crippen MR) is 97.7 cm³/mol. The maximum absolute atomic E-state index is 12.2. The summed E-state index contributed by atoms with van der Waals surface area (Å²) in [4.78, 5) is 37.8. The van der Waals surface area contributed by atoms with E-state index >= 15 is 0 Å². The van der Waals surface area contributed by atoms with E-state index in [1.54, 1.807) is 11.0 Å². The van der Waals surface area contributed by atoms with Crippen LogP contribution in [0.15, 0.2) is 54.6 Å². The van der Waals surface area contributed by atoms with E-state index < -0.39 is 17.8 Å². The summed E-state index contributed by atoms with van der Waals surface area (Å²) in [5.74, 6) is -1.62. The van der Waals surface area contributed by atoms with E-state index in [1.807, 2.05) is 55.5 Å². The largest absolute Gasteiger partial charge is 0.455 e. The minimum atomic E-state index is -0.561. The van der Waals surface area contributed by atoms with Crippen LogP contribution in [0, 0.1) is 12.8 Å². The minimum Gasteiger partial charge on any atom is -0.455 e. The van der Waals surface area contributed by atoms with Crippen LogP contribution in [-0.4, -0.2) is 30.9 Å². The minimum absolute atomic E-state index is 0.0905. The lowest BCUT2D eigenvalue weighted by atomic mass is 10.1. The van der Waals surface area contributed by atoms with Gasteiger partial charge in [0.2, 0.25) is 5.91 Å². The molecule has 1 aliphatic heterocycles. The highest BCUT2D eigenvalue weighted by molar-refractivity contribution is 6.00. The number of hydrogen-bond donors (Lipinski definition) is 1. The standard InChI is InChI=1S/C20H20N2O4/c1-14-6-5-7-16(10-14)21-18(23)13-26-20(25)15-11-19(24)22(12-15)17-8-3-2-4-9-17/h2-10,15H,11-13H2,1H3,(H,21,23)/t15-/m0/s1. The lowest BCUT2D eigenvalue weighted by molar-refractivity contribution is -0.151. The highest BCUT2D eigenvalue weighted by Crippen LogP contribution is 2.25. The molecule has 0 aromatic heterocycles. The van der Waals surface area contributed by atoms with Crippen molar-refractivity contribution >= 4 is 29.2 Å². The quantitative estimate of drug-likeness (QED) is 0.839. The molecule has 0 spiro atoms. The van der Waals surface area contributed by atoms with Gasteiger partial charge in [0.05, 0.1) is 5.92 Å². The average molecular weight is 352 g/mol. The van der Waals surface area contributed by atoms with Gasteiger partial charge in [-0.05, 0) is 36.8 Å². The number of benzene rings is 2. The number of carbonyl (C=O) groups is 3. The molecule has 0 unspecified atom stereocenters. The number of nitrogens with one attached hydrogen (secondary N) is 1. The highest BCUT2D eigenvalue weighted by Gasteiger charge is 2.36. The monoisotopic (exact) mass is 352 g/mol. The third-order valence-electron chi connectivity index (χ3n) is 4.17. The SMILES string of the molecule is Cc1cccc(NC(=O)COC(=O)[C@H]2CC(=O)N(c3ccccc3)C2)c1. The number of carbonyl (C=O) groups excluding carboxylic acids is 3. The molecule has 0 aliphatic carbocycles. The molecule has 6 heteroatoms. The molecule has 1 atom stereocenters. The van der Waals surface area contributed by atoms with Gasteiger partial charge in [0, 0.05) is 24.3 Å². The van der Waals surface area contributed by atoms with Crippen LogP contribution in [0.25, 0.3) is 0 Å². The van der Waals surface area contributed by atoms with E-state index in [-0.39, 0.29) is 25.5 Å². The van der Waals surface area contributed by atoms with E-state index in [9.17, 15) is 14.4 Å².